The predicted octanol–water partition coefficient (Wildman–Crippen LogP) is 4.65. The van der Waals surface area contributed by atoms with E-state index in [4.69, 9.17) is 4.74 Å². The molecule has 0 aromatic rings. The number of hydrogen-bond acceptors (Lipinski definition) is 4. The minimum Gasteiger partial charge on any atom is -0.461 e. The van der Waals surface area contributed by atoms with Gasteiger partial charge in [0.15, 0.2) is 0 Å². The van der Waals surface area contributed by atoms with E-state index < -0.39 is 12.2 Å². The van der Waals surface area contributed by atoms with E-state index >= 15 is 0 Å². The molecule has 2 aliphatic carbocycles. The largest absolute Gasteiger partial charge is 0.461 e. The van der Waals surface area contributed by atoms with Crippen LogP contribution in [0, 0.1) is 29.6 Å². The van der Waals surface area contributed by atoms with E-state index in [2.05, 4.69) is 32.1 Å². The van der Waals surface area contributed by atoms with Crippen molar-refractivity contribution in [2.24, 2.45) is 29.6 Å². The second-order valence-electron chi connectivity index (χ2n) is 9.10. The maximum absolute atomic E-state index is 12.5. The standard InChI is InChI=1S/C24H40O4/c1-6-16(4)24(27)28-22-13-15(3)12-18-9-8-17(5)21(23(18)22)11-10-20(26)14-19(25)7-2/h8-9,12,15-17,19-23,25-26H,6-7,10-11,13-14H2,1-5H3/t15-,16-,17-,19-,20+,21-,22-,23-/m0/s1. The number of carbonyl (C=O) groups excluding carboxylic acids is 1. The van der Waals surface area contributed by atoms with Crippen molar-refractivity contribution in [3.63, 3.8) is 0 Å². The van der Waals surface area contributed by atoms with E-state index in [1.165, 1.54) is 5.57 Å². The monoisotopic (exact) mass is 392 g/mol. The van der Waals surface area contributed by atoms with E-state index in [0.717, 1.165) is 19.3 Å². The molecule has 0 bridgehead atoms. The molecular weight excluding hydrogens is 352 g/mol. The van der Waals surface area contributed by atoms with E-state index in [1.54, 1.807) is 0 Å². The number of ether oxygens (including phenoxy) is 1. The van der Waals surface area contributed by atoms with Crippen LogP contribution in [-0.4, -0.2) is 34.5 Å². The van der Waals surface area contributed by atoms with Gasteiger partial charge in [-0.3, -0.25) is 4.79 Å². The Labute approximate surface area is 171 Å². The Morgan fingerprint density at radius 2 is 1.93 bits per heavy atom. The molecule has 0 saturated heterocycles. The molecule has 2 N–H and O–H groups in total. The van der Waals surface area contributed by atoms with Crippen LogP contribution < -0.4 is 0 Å². The summed E-state index contributed by atoms with van der Waals surface area (Å²) in [6, 6.07) is 0. The highest BCUT2D eigenvalue weighted by molar-refractivity contribution is 5.72. The number of esters is 1. The summed E-state index contributed by atoms with van der Waals surface area (Å²) in [6.45, 7) is 10.3. The maximum Gasteiger partial charge on any atom is 0.308 e. The Hall–Kier alpha value is -1.13. The quantitative estimate of drug-likeness (QED) is 0.561. The Kier molecular flexibility index (Phi) is 8.76. The number of rotatable bonds is 9. The summed E-state index contributed by atoms with van der Waals surface area (Å²) in [5.41, 5.74) is 1.28. The predicted molar refractivity (Wildman–Crippen MR) is 113 cm³/mol. The number of fused-ring (bicyclic) bond motifs is 1. The van der Waals surface area contributed by atoms with Gasteiger partial charge in [-0.25, -0.2) is 0 Å². The van der Waals surface area contributed by atoms with Crippen molar-refractivity contribution in [1.82, 2.24) is 0 Å². The molecule has 0 heterocycles. The lowest BCUT2D eigenvalue weighted by Crippen LogP contribution is -2.41. The van der Waals surface area contributed by atoms with Gasteiger partial charge in [0.05, 0.1) is 18.1 Å². The van der Waals surface area contributed by atoms with Gasteiger partial charge in [0.2, 0.25) is 0 Å². The van der Waals surface area contributed by atoms with Crippen LogP contribution >= 0.6 is 0 Å². The maximum atomic E-state index is 12.5. The zero-order valence-electron chi connectivity index (χ0n) is 18.3. The van der Waals surface area contributed by atoms with Crippen LogP contribution in [0.3, 0.4) is 0 Å². The summed E-state index contributed by atoms with van der Waals surface area (Å²) in [7, 11) is 0. The number of aliphatic hydroxyl groups excluding tert-OH is 2. The molecule has 0 radical (unpaired) electrons. The second kappa shape index (κ2) is 10.6. The molecule has 0 fully saturated rings. The fourth-order valence-electron chi connectivity index (χ4n) is 4.64. The molecule has 0 spiro atoms. The van der Waals surface area contributed by atoms with Crippen molar-refractivity contribution < 1.29 is 19.7 Å². The van der Waals surface area contributed by atoms with Crippen LogP contribution in [-0.2, 0) is 9.53 Å². The highest BCUT2D eigenvalue weighted by Gasteiger charge is 2.41. The SMILES string of the molecule is CC[C@H](O)C[C@H](O)CC[C@@H]1[C@@H]2C(=C[C@H](C)C[C@@H]2OC(=O)[C@@H](C)CC)C=C[C@@H]1C. The number of allylic oxidation sites excluding steroid dienone is 3. The molecule has 0 aromatic carbocycles. The van der Waals surface area contributed by atoms with Crippen LogP contribution in [0.4, 0.5) is 0 Å². The molecule has 2 rings (SSSR count). The molecule has 4 nitrogen and oxygen atoms in total. The zero-order valence-corrected chi connectivity index (χ0v) is 18.3. The summed E-state index contributed by atoms with van der Waals surface area (Å²) in [5.74, 6) is 1.15. The van der Waals surface area contributed by atoms with Crippen molar-refractivity contribution in [2.45, 2.75) is 91.5 Å². The van der Waals surface area contributed by atoms with Gasteiger partial charge in [0.25, 0.3) is 0 Å². The number of aliphatic hydroxyl groups is 2. The third-order valence-electron chi connectivity index (χ3n) is 6.73. The molecule has 0 aliphatic heterocycles. The summed E-state index contributed by atoms with van der Waals surface area (Å²) in [5, 5.41) is 20.2. The first-order valence-electron chi connectivity index (χ1n) is 11.2. The normalized spacial score (nSPS) is 32.8. The second-order valence-corrected chi connectivity index (χ2v) is 9.10. The molecule has 2 aliphatic rings. The van der Waals surface area contributed by atoms with Crippen LogP contribution in [0.25, 0.3) is 0 Å². The first-order valence-corrected chi connectivity index (χ1v) is 11.2. The molecule has 0 aromatic heterocycles. The first-order chi connectivity index (χ1) is 13.3. The minimum atomic E-state index is -0.482. The van der Waals surface area contributed by atoms with Gasteiger partial charge in [0, 0.05) is 5.92 Å². The summed E-state index contributed by atoms with van der Waals surface area (Å²) in [4.78, 5) is 12.5. The molecule has 0 saturated carbocycles. The topological polar surface area (TPSA) is 66.8 Å². The van der Waals surface area contributed by atoms with Crippen molar-refractivity contribution >= 4 is 5.97 Å². The average molecular weight is 393 g/mol. The minimum absolute atomic E-state index is 0.0722. The fourth-order valence-corrected chi connectivity index (χ4v) is 4.64. The lowest BCUT2D eigenvalue weighted by atomic mass is 9.65. The Morgan fingerprint density at radius 1 is 1.21 bits per heavy atom. The van der Waals surface area contributed by atoms with Crippen LogP contribution in [0.15, 0.2) is 23.8 Å². The summed E-state index contributed by atoms with van der Waals surface area (Å²) < 4.78 is 6.04. The molecular formula is C24H40O4. The van der Waals surface area contributed by atoms with Crippen LogP contribution in [0.1, 0.15) is 73.1 Å². The van der Waals surface area contributed by atoms with E-state index in [1.807, 2.05) is 20.8 Å². The Balaban J connectivity index is 2.13. The van der Waals surface area contributed by atoms with Crippen molar-refractivity contribution in [1.29, 1.82) is 0 Å². The van der Waals surface area contributed by atoms with E-state index in [-0.39, 0.29) is 23.9 Å². The summed E-state index contributed by atoms with van der Waals surface area (Å²) >= 11 is 0. The van der Waals surface area contributed by atoms with E-state index in [9.17, 15) is 15.0 Å². The Bertz CT molecular complexity index is 567. The van der Waals surface area contributed by atoms with Crippen molar-refractivity contribution in [3.8, 4) is 0 Å². The van der Waals surface area contributed by atoms with E-state index in [0.29, 0.717) is 37.0 Å². The van der Waals surface area contributed by atoms with Gasteiger partial charge >= 0.3 is 5.97 Å². The molecule has 0 amide bonds. The first kappa shape index (κ1) is 23.2. The highest BCUT2D eigenvalue weighted by atomic mass is 16.5. The molecule has 4 heteroatoms. The zero-order chi connectivity index (χ0) is 20.8. The average Bonchev–Trinajstić information content (AvgIpc) is 2.66. The molecule has 160 valence electrons. The van der Waals surface area contributed by atoms with Gasteiger partial charge in [-0.15, -0.1) is 0 Å². The fraction of sp³-hybridized carbons (Fsp3) is 0.792. The lowest BCUT2D eigenvalue weighted by Gasteiger charge is -2.43. The lowest BCUT2D eigenvalue weighted by molar-refractivity contribution is -0.158. The molecule has 28 heavy (non-hydrogen) atoms. The van der Waals surface area contributed by atoms with Crippen molar-refractivity contribution in [3.05, 3.63) is 23.8 Å². The van der Waals surface area contributed by atoms with Crippen LogP contribution in [0.5, 0.6) is 0 Å². The van der Waals surface area contributed by atoms with Crippen LogP contribution in [0.2, 0.25) is 0 Å². The third kappa shape index (κ3) is 5.93. The number of carbonyl (C=O) groups is 1. The smallest absolute Gasteiger partial charge is 0.308 e. The van der Waals surface area contributed by atoms with Gasteiger partial charge in [-0.05, 0) is 61.9 Å². The van der Waals surface area contributed by atoms with Gasteiger partial charge in [0.1, 0.15) is 6.10 Å². The van der Waals surface area contributed by atoms with Gasteiger partial charge in [-0.1, -0.05) is 52.8 Å². The van der Waals surface area contributed by atoms with Crippen molar-refractivity contribution in [2.75, 3.05) is 0 Å². The Morgan fingerprint density at radius 3 is 2.57 bits per heavy atom. The summed E-state index contributed by atoms with van der Waals surface area (Å²) in [6.07, 6.45) is 10.1. The molecule has 0 unspecified atom stereocenters. The third-order valence-corrected chi connectivity index (χ3v) is 6.73. The molecule has 8 atom stereocenters. The highest BCUT2D eigenvalue weighted by Crippen LogP contribution is 2.45. The van der Waals surface area contributed by atoms with Gasteiger partial charge < -0.3 is 14.9 Å². The number of hydrogen-bond donors (Lipinski definition) is 2. The van der Waals surface area contributed by atoms with Gasteiger partial charge in [-0.2, -0.15) is 0 Å².